The Morgan fingerprint density at radius 3 is 2.89 bits per heavy atom. The lowest BCUT2D eigenvalue weighted by Gasteiger charge is -2.25. The lowest BCUT2D eigenvalue weighted by atomic mass is 10.1. The minimum absolute atomic E-state index is 0. The number of fused-ring (bicyclic) bond motifs is 1. The van der Waals surface area contributed by atoms with E-state index in [1.165, 1.54) is 4.90 Å². The molecule has 2 atom stereocenters. The average molecular weight is 500 g/mol. The molecule has 1 aliphatic heterocycles. The molecule has 8 heteroatoms. The molecule has 0 saturated carbocycles. The lowest BCUT2D eigenvalue weighted by molar-refractivity contribution is 0.397. The van der Waals surface area contributed by atoms with Gasteiger partial charge in [0.2, 0.25) is 0 Å². The van der Waals surface area contributed by atoms with Crippen molar-refractivity contribution in [3.05, 3.63) is 42.0 Å². The van der Waals surface area contributed by atoms with Crippen molar-refractivity contribution in [1.82, 2.24) is 25.4 Å². The van der Waals surface area contributed by atoms with Crippen molar-refractivity contribution in [2.45, 2.75) is 56.3 Å². The van der Waals surface area contributed by atoms with E-state index in [2.05, 4.69) is 58.8 Å². The van der Waals surface area contributed by atoms with Gasteiger partial charge in [-0.05, 0) is 38.8 Å². The molecule has 3 rings (SSSR count). The number of rotatable bonds is 6. The highest BCUT2D eigenvalue weighted by atomic mass is 127. The van der Waals surface area contributed by atoms with Crippen molar-refractivity contribution in [2.75, 3.05) is 13.1 Å². The van der Waals surface area contributed by atoms with E-state index in [9.17, 15) is 0 Å². The van der Waals surface area contributed by atoms with Crippen LogP contribution in [0.25, 0.3) is 0 Å². The van der Waals surface area contributed by atoms with E-state index >= 15 is 0 Å². The maximum Gasteiger partial charge on any atom is 0.191 e. The molecule has 0 fully saturated rings. The molecule has 1 aromatic carbocycles. The fourth-order valence-corrected chi connectivity index (χ4v) is 4.01. The minimum Gasteiger partial charge on any atom is -0.357 e. The van der Waals surface area contributed by atoms with Crippen molar-refractivity contribution in [3.8, 4) is 0 Å². The summed E-state index contributed by atoms with van der Waals surface area (Å²) >= 11 is 1.85. The SMILES string of the molecule is CCNC(=NCC(C)Sc1ccccc1)NC1CCCn2nc(C)nc21.I. The number of halogens is 1. The van der Waals surface area contributed by atoms with Gasteiger partial charge in [0, 0.05) is 23.2 Å². The van der Waals surface area contributed by atoms with E-state index in [1.54, 1.807) is 0 Å². The van der Waals surface area contributed by atoms with Gasteiger partial charge in [-0.3, -0.25) is 4.99 Å². The summed E-state index contributed by atoms with van der Waals surface area (Å²) < 4.78 is 2.02. The monoisotopic (exact) mass is 500 g/mol. The highest BCUT2D eigenvalue weighted by Crippen LogP contribution is 2.24. The Morgan fingerprint density at radius 2 is 2.15 bits per heavy atom. The van der Waals surface area contributed by atoms with Crippen LogP contribution in [0.1, 0.15) is 44.4 Å². The molecule has 0 amide bonds. The molecule has 1 aliphatic rings. The second kappa shape index (κ2) is 10.9. The number of aromatic nitrogens is 3. The van der Waals surface area contributed by atoms with Crippen LogP contribution >= 0.6 is 35.7 Å². The van der Waals surface area contributed by atoms with Crippen LogP contribution in [-0.4, -0.2) is 39.1 Å². The van der Waals surface area contributed by atoms with Gasteiger partial charge in [-0.1, -0.05) is 25.1 Å². The fraction of sp³-hybridized carbons (Fsp3) is 0.526. The van der Waals surface area contributed by atoms with Gasteiger partial charge >= 0.3 is 0 Å². The molecular formula is C19H29IN6S. The number of hydrogen-bond acceptors (Lipinski definition) is 4. The van der Waals surface area contributed by atoms with Crippen LogP contribution in [0.15, 0.2) is 40.2 Å². The highest BCUT2D eigenvalue weighted by Gasteiger charge is 2.24. The summed E-state index contributed by atoms with van der Waals surface area (Å²) in [6.07, 6.45) is 2.16. The zero-order valence-corrected chi connectivity index (χ0v) is 19.3. The molecule has 6 nitrogen and oxygen atoms in total. The number of aliphatic imine (C=N–C) groups is 1. The van der Waals surface area contributed by atoms with Crippen LogP contribution in [0, 0.1) is 6.92 Å². The predicted octanol–water partition coefficient (Wildman–Crippen LogP) is 3.78. The number of guanidine groups is 1. The van der Waals surface area contributed by atoms with Gasteiger partial charge < -0.3 is 10.6 Å². The summed E-state index contributed by atoms with van der Waals surface area (Å²) in [6.45, 7) is 8.80. The Labute approximate surface area is 183 Å². The molecule has 0 radical (unpaired) electrons. The van der Waals surface area contributed by atoms with Crippen molar-refractivity contribution in [2.24, 2.45) is 4.99 Å². The van der Waals surface area contributed by atoms with Crippen LogP contribution in [0.5, 0.6) is 0 Å². The molecule has 1 aromatic heterocycles. The topological polar surface area (TPSA) is 67.1 Å². The quantitative estimate of drug-likeness (QED) is 0.274. The maximum absolute atomic E-state index is 4.80. The summed E-state index contributed by atoms with van der Waals surface area (Å²) in [4.78, 5) is 10.7. The van der Waals surface area contributed by atoms with Crippen LogP contribution in [0.2, 0.25) is 0 Å². The second-order valence-corrected chi connectivity index (χ2v) is 8.05. The molecule has 0 aliphatic carbocycles. The van der Waals surface area contributed by atoms with Gasteiger partial charge in [0.05, 0.1) is 12.6 Å². The lowest BCUT2D eigenvalue weighted by Crippen LogP contribution is -2.41. The Balaban J connectivity index is 0.00000261. The Morgan fingerprint density at radius 1 is 1.37 bits per heavy atom. The molecule has 0 spiro atoms. The van der Waals surface area contributed by atoms with Crippen LogP contribution in [-0.2, 0) is 6.54 Å². The van der Waals surface area contributed by atoms with Crippen LogP contribution in [0.4, 0.5) is 0 Å². The Bertz CT molecular complexity index is 733. The summed E-state index contributed by atoms with van der Waals surface area (Å²) in [5, 5.41) is 11.8. The van der Waals surface area contributed by atoms with Crippen LogP contribution < -0.4 is 10.6 Å². The molecule has 27 heavy (non-hydrogen) atoms. The first-order chi connectivity index (χ1) is 12.7. The third kappa shape index (κ3) is 6.38. The molecule has 0 bridgehead atoms. The first kappa shape index (κ1) is 22.0. The second-order valence-electron chi connectivity index (χ2n) is 6.54. The van der Waals surface area contributed by atoms with Gasteiger partial charge in [0.1, 0.15) is 11.6 Å². The van der Waals surface area contributed by atoms with Gasteiger partial charge in [0.15, 0.2) is 5.96 Å². The van der Waals surface area contributed by atoms with Crippen molar-refractivity contribution in [3.63, 3.8) is 0 Å². The fourth-order valence-electron chi connectivity index (χ4n) is 3.08. The molecule has 0 saturated heterocycles. The first-order valence-corrected chi connectivity index (χ1v) is 10.2. The van der Waals surface area contributed by atoms with Gasteiger partial charge in [-0.25, -0.2) is 9.67 Å². The first-order valence-electron chi connectivity index (χ1n) is 9.33. The zero-order chi connectivity index (χ0) is 18.4. The van der Waals surface area contributed by atoms with Gasteiger partial charge in [-0.15, -0.1) is 35.7 Å². The number of nitrogens with one attached hydrogen (secondary N) is 2. The summed E-state index contributed by atoms with van der Waals surface area (Å²) in [5.74, 6) is 2.71. The number of hydrogen-bond donors (Lipinski definition) is 2. The molecule has 148 valence electrons. The van der Waals surface area contributed by atoms with Gasteiger partial charge in [0.25, 0.3) is 0 Å². The Hall–Kier alpha value is -1.29. The van der Waals surface area contributed by atoms with E-state index in [0.29, 0.717) is 5.25 Å². The third-order valence-electron chi connectivity index (χ3n) is 4.22. The molecule has 2 aromatic rings. The molecule has 2 N–H and O–H groups in total. The molecular weight excluding hydrogens is 471 g/mol. The number of nitrogens with zero attached hydrogens (tertiary/aromatic N) is 4. The Kier molecular flexibility index (Phi) is 8.88. The normalized spacial score (nSPS) is 17.6. The van der Waals surface area contributed by atoms with E-state index in [4.69, 9.17) is 4.99 Å². The van der Waals surface area contributed by atoms with Crippen molar-refractivity contribution >= 4 is 41.7 Å². The summed E-state index contributed by atoms with van der Waals surface area (Å²) in [6, 6.07) is 10.7. The zero-order valence-electron chi connectivity index (χ0n) is 16.2. The summed E-state index contributed by atoms with van der Waals surface area (Å²) in [7, 11) is 0. The van der Waals surface area contributed by atoms with E-state index in [-0.39, 0.29) is 30.0 Å². The number of benzene rings is 1. The van der Waals surface area contributed by atoms with Gasteiger partial charge in [-0.2, -0.15) is 5.10 Å². The predicted molar refractivity (Wildman–Crippen MR) is 123 cm³/mol. The molecule has 2 heterocycles. The highest BCUT2D eigenvalue weighted by molar-refractivity contribution is 14.0. The van der Waals surface area contributed by atoms with Crippen molar-refractivity contribution in [1.29, 1.82) is 0 Å². The number of aryl methyl sites for hydroxylation is 2. The minimum atomic E-state index is 0. The molecule has 2 unspecified atom stereocenters. The van der Waals surface area contributed by atoms with E-state index < -0.39 is 0 Å². The smallest absolute Gasteiger partial charge is 0.191 e. The maximum atomic E-state index is 4.80. The average Bonchev–Trinajstić information content (AvgIpc) is 3.02. The van der Waals surface area contributed by atoms with E-state index in [0.717, 1.165) is 50.1 Å². The summed E-state index contributed by atoms with van der Waals surface area (Å²) in [5.41, 5.74) is 0. The third-order valence-corrected chi connectivity index (χ3v) is 5.32. The van der Waals surface area contributed by atoms with Crippen LogP contribution in [0.3, 0.4) is 0 Å². The standard InChI is InChI=1S/C19H28N6S.HI/c1-4-20-19(21-13-14(2)26-16-9-6-5-7-10-16)23-17-11-8-12-25-18(17)22-15(3)24-25;/h5-7,9-10,14,17H,4,8,11-13H2,1-3H3,(H2,20,21,23);1H. The van der Waals surface area contributed by atoms with E-state index in [1.807, 2.05) is 29.4 Å². The largest absolute Gasteiger partial charge is 0.357 e. The van der Waals surface area contributed by atoms with Crippen molar-refractivity contribution < 1.29 is 0 Å². The number of thioether (sulfide) groups is 1.